The SMILES string of the molecule is COc1ccc(C=CC(=O)N(CC2CCCO2)c2nc3ccccc3s2)cc1OC. The fourth-order valence-corrected chi connectivity index (χ4v) is 4.42. The molecule has 1 amide bonds. The van der Waals surface area contributed by atoms with E-state index in [9.17, 15) is 4.79 Å². The molecule has 6 nitrogen and oxygen atoms in total. The van der Waals surface area contributed by atoms with Gasteiger partial charge in [0.15, 0.2) is 16.6 Å². The third-order valence-corrected chi connectivity index (χ3v) is 6.08. The molecular formula is C23H24N2O4S. The molecule has 0 spiro atoms. The van der Waals surface area contributed by atoms with E-state index in [2.05, 4.69) is 4.98 Å². The Bertz CT molecular complexity index is 1020. The lowest BCUT2D eigenvalue weighted by molar-refractivity contribution is -0.114. The molecule has 2 heterocycles. The van der Waals surface area contributed by atoms with Gasteiger partial charge in [-0.2, -0.15) is 0 Å². The van der Waals surface area contributed by atoms with Gasteiger partial charge in [-0.25, -0.2) is 4.98 Å². The van der Waals surface area contributed by atoms with Crippen LogP contribution < -0.4 is 14.4 Å². The van der Waals surface area contributed by atoms with Crippen LogP contribution >= 0.6 is 11.3 Å². The molecule has 1 aliphatic rings. The van der Waals surface area contributed by atoms with Crippen molar-refractivity contribution in [3.05, 3.63) is 54.1 Å². The van der Waals surface area contributed by atoms with Crippen LogP contribution in [-0.2, 0) is 9.53 Å². The lowest BCUT2D eigenvalue weighted by Crippen LogP contribution is -2.36. The predicted molar refractivity (Wildman–Crippen MR) is 120 cm³/mol. The Hall–Kier alpha value is -2.90. The number of amides is 1. The Morgan fingerprint density at radius 1 is 1.23 bits per heavy atom. The molecule has 0 N–H and O–H groups in total. The molecule has 2 aromatic carbocycles. The molecule has 3 aromatic rings. The van der Waals surface area contributed by atoms with Crippen molar-refractivity contribution in [3.63, 3.8) is 0 Å². The second-order valence-corrected chi connectivity index (χ2v) is 8.00. The number of carbonyl (C=O) groups is 1. The Labute approximate surface area is 179 Å². The van der Waals surface area contributed by atoms with E-state index < -0.39 is 0 Å². The number of rotatable bonds is 7. The number of nitrogens with zero attached hydrogens (tertiary/aromatic N) is 2. The summed E-state index contributed by atoms with van der Waals surface area (Å²) in [6.07, 6.45) is 5.36. The summed E-state index contributed by atoms with van der Waals surface area (Å²) in [5.41, 5.74) is 1.74. The van der Waals surface area contributed by atoms with Crippen LogP contribution in [0.25, 0.3) is 16.3 Å². The third kappa shape index (κ3) is 4.47. The number of ether oxygens (including phenoxy) is 3. The maximum atomic E-state index is 13.2. The molecular weight excluding hydrogens is 400 g/mol. The lowest BCUT2D eigenvalue weighted by Gasteiger charge is -2.21. The largest absolute Gasteiger partial charge is 0.493 e. The third-order valence-electron chi connectivity index (χ3n) is 5.02. The summed E-state index contributed by atoms with van der Waals surface area (Å²) in [5, 5.41) is 0.689. The van der Waals surface area contributed by atoms with Crippen LogP contribution in [-0.4, -0.2) is 44.4 Å². The molecule has 30 heavy (non-hydrogen) atoms. The molecule has 7 heteroatoms. The maximum absolute atomic E-state index is 13.2. The zero-order valence-corrected chi connectivity index (χ0v) is 17.9. The average Bonchev–Trinajstić information content (AvgIpc) is 3.44. The Morgan fingerprint density at radius 3 is 2.80 bits per heavy atom. The molecule has 1 saturated heterocycles. The van der Waals surface area contributed by atoms with Crippen molar-refractivity contribution in [3.8, 4) is 11.5 Å². The minimum absolute atomic E-state index is 0.0374. The van der Waals surface area contributed by atoms with E-state index in [1.807, 2.05) is 42.5 Å². The van der Waals surface area contributed by atoms with Crippen LogP contribution in [0.3, 0.4) is 0 Å². The van der Waals surface area contributed by atoms with Gasteiger partial charge in [0.25, 0.3) is 5.91 Å². The zero-order chi connectivity index (χ0) is 20.9. The Kier molecular flexibility index (Phi) is 6.30. The number of methoxy groups -OCH3 is 2. The van der Waals surface area contributed by atoms with Crippen molar-refractivity contribution in [2.45, 2.75) is 18.9 Å². The average molecular weight is 425 g/mol. The van der Waals surface area contributed by atoms with Gasteiger partial charge in [0.1, 0.15) is 0 Å². The predicted octanol–water partition coefficient (Wildman–Crippen LogP) is 4.54. The van der Waals surface area contributed by atoms with Crippen molar-refractivity contribution in [1.29, 1.82) is 0 Å². The maximum Gasteiger partial charge on any atom is 0.252 e. The van der Waals surface area contributed by atoms with Gasteiger partial charge in [0, 0.05) is 12.7 Å². The van der Waals surface area contributed by atoms with Gasteiger partial charge in [0.2, 0.25) is 0 Å². The van der Waals surface area contributed by atoms with Crippen LogP contribution in [0.5, 0.6) is 11.5 Å². The van der Waals surface area contributed by atoms with E-state index in [-0.39, 0.29) is 12.0 Å². The van der Waals surface area contributed by atoms with Crippen molar-refractivity contribution < 1.29 is 19.0 Å². The second kappa shape index (κ2) is 9.28. The summed E-state index contributed by atoms with van der Waals surface area (Å²) >= 11 is 1.52. The van der Waals surface area contributed by atoms with Gasteiger partial charge in [0.05, 0.1) is 37.1 Å². The molecule has 0 aliphatic carbocycles. The summed E-state index contributed by atoms with van der Waals surface area (Å²) in [4.78, 5) is 19.6. The molecule has 1 fully saturated rings. The molecule has 4 rings (SSSR count). The summed E-state index contributed by atoms with van der Waals surface area (Å²) in [5.74, 6) is 1.14. The number of anilines is 1. The van der Waals surface area contributed by atoms with E-state index in [0.717, 1.165) is 35.2 Å². The number of hydrogen-bond acceptors (Lipinski definition) is 6. The van der Waals surface area contributed by atoms with Gasteiger partial charge in [-0.3, -0.25) is 9.69 Å². The van der Waals surface area contributed by atoms with E-state index in [1.54, 1.807) is 31.3 Å². The van der Waals surface area contributed by atoms with Crippen LogP contribution in [0.2, 0.25) is 0 Å². The van der Waals surface area contributed by atoms with Gasteiger partial charge in [-0.1, -0.05) is 29.5 Å². The molecule has 1 aliphatic heterocycles. The van der Waals surface area contributed by atoms with Crippen molar-refractivity contribution >= 4 is 38.7 Å². The van der Waals surface area contributed by atoms with Crippen molar-refractivity contribution in [2.24, 2.45) is 0 Å². The molecule has 1 aromatic heterocycles. The topological polar surface area (TPSA) is 60.9 Å². The van der Waals surface area contributed by atoms with E-state index in [0.29, 0.717) is 23.2 Å². The smallest absolute Gasteiger partial charge is 0.252 e. The monoisotopic (exact) mass is 424 g/mol. The fourth-order valence-electron chi connectivity index (χ4n) is 3.44. The zero-order valence-electron chi connectivity index (χ0n) is 17.0. The van der Waals surface area contributed by atoms with Crippen LogP contribution in [0.15, 0.2) is 48.5 Å². The van der Waals surface area contributed by atoms with Crippen LogP contribution in [0.1, 0.15) is 18.4 Å². The first-order valence-corrected chi connectivity index (χ1v) is 10.7. The molecule has 1 atom stereocenters. The standard InChI is InChI=1S/C23H24N2O4S/c1-27-19-11-9-16(14-20(19)28-2)10-12-22(26)25(15-17-6-5-13-29-17)23-24-18-7-3-4-8-21(18)30-23/h3-4,7-12,14,17H,5-6,13,15H2,1-2H3. The number of thiazole rings is 1. The summed E-state index contributed by atoms with van der Waals surface area (Å²) in [7, 11) is 3.19. The lowest BCUT2D eigenvalue weighted by atomic mass is 10.2. The Balaban J connectivity index is 1.59. The van der Waals surface area contributed by atoms with Gasteiger partial charge < -0.3 is 14.2 Å². The van der Waals surface area contributed by atoms with E-state index in [1.165, 1.54) is 11.3 Å². The first-order chi connectivity index (χ1) is 14.7. The first-order valence-electron chi connectivity index (χ1n) is 9.86. The number of para-hydroxylation sites is 1. The van der Waals surface area contributed by atoms with Crippen molar-refractivity contribution in [2.75, 3.05) is 32.3 Å². The number of aromatic nitrogens is 1. The molecule has 156 valence electrons. The number of benzene rings is 2. The molecule has 0 bridgehead atoms. The minimum Gasteiger partial charge on any atom is -0.493 e. The fraction of sp³-hybridized carbons (Fsp3) is 0.304. The summed E-state index contributed by atoms with van der Waals surface area (Å²) in [6, 6.07) is 13.5. The number of hydrogen-bond donors (Lipinski definition) is 0. The van der Waals surface area contributed by atoms with Crippen molar-refractivity contribution in [1.82, 2.24) is 4.98 Å². The number of carbonyl (C=O) groups excluding carboxylic acids is 1. The van der Waals surface area contributed by atoms with Gasteiger partial charge >= 0.3 is 0 Å². The number of fused-ring (bicyclic) bond motifs is 1. The first kappa shape index (κ1) is 20.4. The van der Waals surface area contributed by atoms with Gasteiger partial charge in [-0.15, -0.1) is 0 Å². The quantitative estimate of drug-likeness (QED) is 0.521. The normalized spacial score (nSPS) is 16.3. The highest BCUT2D eigenvalue weighted by Crippen LogP contribution is 2.31. The Morgan fingerprint density at radius 2 is 2.07 bits per heavy atom. The highest BCUT2D eigenvalue weighted by Gasteiger charge is 2.25. The van der Waals surface area contributed by atoms with E-state index in [4.69, 9.17) is 14.2 Å². The van der Waals surface area contributed by atoms with Gasteiger partial charge in [-0.05, 0) is 48.7 Å². The summed E-state index contributed by atoms with van der Waals surface area (Å²) < 4.78 is 17.4. The highest BCUT2D eigenvalue weighted by molar-refractivity contribution is 7.22. The van der Waals surface area contributed by atoms with Crippen LogP contribution in [0, 0.1) is 0 Å². The van der Waals surface area contributed by atoms with Crippen LogP contribution in [0.4, 0.5) is 5.13 Å². The molecule has 0 saturated carbocycles. The highest BCUT2D eigenvalue weighted by atomic mass is 32.1. The molecule has 1 unspecified atom stereocenters. The molecule has 0 radical (unpaired) electrons. The summed E-state index contributed by atoms with van der Waals surface area (Å²) in [6.45, 7) is 1.24. The second-order valence-electron chi connectivity index (χ2n) is 7.00. The minimum atomic E-state index is -0.126. The van der Waals surface area contributed by atoms with E-state index >= 15 is 0 Å².